The summed E-state index contributed by atoms with van der Waals surface area (Å²) in [4.78, 5) is 2.85. The molecule has 16 heavy (non-hydrogen) atoms. The summed E-state index contributed by atoms with van der Waals surface area (Å²) in [5.41, 5.74) is 0. The second-order valence-electron chi connectivity index (χ2n) is 3.97. The maximum Gasteiger partial charge on any atom is 0.0889 e. The van der Waals surface area contributed by atoms with Crippen molar-refractivity contribution in [2.75, 3.05) is 0 Å². The lowest BCUT2D eigenvalue weighted by atomic mass is 10.3. The van der Waals surface area contributed by atoms with Crippen LogP contribution in [0.5, 0.6) is 0 Å². The smallest absolute Gasteiger partial charge is 0.0889 e. The van der Waals surface area contributed by atoms with Crippen molar-refractivity contribution in [2.45, 2.75) is 13.8 Å². The zero-order valence-electron chi connectivity index (χ0n) is 8.79. The van der Waals surface area contributed by atoms with E-state index in [1.54, 1.807) is 0 Å². The van der Waals surface area contributed by atoms with E-state index in [1.807, 2.05) is 45.3 Å². The van der Waals surface area contributed by atoms with Gasteiger partial charge in [-0.2, -0.15) is 0 Å². The lowest BCUT2D eigenvalue weighted by Gasteiger charge is -1.78. The molecular formula is C12H8S4. The predicted molar refractivity (Wildman–Crippen MR) is 79.9 cm³/mol. The fraction of sp³-hybridized carbons (Fsp3) is 0.167. The highest BCUT2D eigenvalue weighted by Crippen LogP contribution is 2.49. The average Bonchev–Trinajstić information content (AvgIpc) is 2.85. The second-order valence-corrected chi connectivity index (χ2v) is 8.81. The number of fused-ring (bicyclic) bond motifs is 5. The molecule has 4 aromatic heterocycles. The predicted octanol–water partition coefficient (Wildman–Crippen LogP) is 6.01. The summed E-state index contributed by atoms with van der Waals surface area (Å²) in [6.07, 6.45) is 0. The van der Waals surface area contributed by atoms with Gasteiger partial charge in [0.05, 0.1) is 18.1 Å². The third-order valence-corrected chi connectivity index (χ3v) is 7.69. The molecule has 4 aromatic rings. The first-order valence-electron chi connectivity index (χ1n) is 5.04. The Morgan fingerprint density at radius 3 is 2.44 bits per heavy atom. The number of rotatable bonds is 0. The second kappa shape index (κ2) is 3.07. The molecule has 4 heterocycles. The van der Waals surface area contributed by atoms with E-state index in [2.05, 4.69) is 26.0 Å². The van der Waals surface area contributed by atoms with Gasteiger partial charge in [-0.3, -0.25) is 0 Å². The van der Waals surface area contributed by atoms with E-state index in [0.717, 1.165) is 0 Å². The Morgan fingerprint density at radius 1 is 0.750 bits per heavy atom. The van der Waals surface area contributed by atoms with Gasteiger partial charge in [-0.05, 0) is 26.0 Å². The third kappa shape index (κ3) is 1.13. The zero-order valence-corrected chi connectivity index (χ0v) is 12.1. The maximum atomic E-state index is 2.34. The average molecular weight is 280 g/mol. The van der Waals surface area contributed by atoms with Gasteiger partial charge in [0.15, 0.2) is 0 Å². The third-order valence-electron chi connectivity index (χ3n) is 2.71. The number of hydrogen-bond donors (Lipinski definition) is 0. The van der Waals surface area contributed by atoms with Crippen molar-refractivity contribution in [3.63, 3.8) is 0 Å². The fourth-order valence-electron chi connectivity index (χ4n) is 2.07. The Balaban J connectivity index is 2.28. The summed E-state index contributed by atoms with van der Waals surface area (Å²) >= 11 is 7.80. The molecule has 0 N–H and O–H groups in total. The van der Waals surface area contributed by atoms with Crippen LogP contribution in [0.3, 0.4) is 0 Å². The van der Waals surface area contributed by atoms with Crippen molar-refractivity contribution in [3.05, 3.63) is 21.9 Å². The highest BCUT2D eigenvalue weighted by atomic mass is 32.2. The molecule has 0 aliphatic carbocycles. The van der Waals surface area contributed by atoms with Crippen LogP contribution in [0.25, 0.3) is 28.2 Å². The molecule has 0 aliphatic rings. The van der Waals surface area contributed by atoms with E-state index < -0.39 is 0 Å². The van der Waals surface area contributed by atoms with Crippen LogP contribution in [-0.4, -0.2) is 0 Å². The van der Waals surface area contributed by atoms with Gasteiger partial charge in [0.25, 0.3) is 0 Å². The molecule has 0 aliphatic heterocycles. The monoisotopic (exact) mass is 280 g/mol. The number of thiophene rings is 4. The van der Waals surface area contributed by atoms with E-state index >= 15 is 0 Å². The molecule has 0 nitrogen and oxygen atoms in total. The summed E-state index contributed by atoms with van der Waals surface area (Å²) in [5.74, 6) is 0. The van der Waals surface area contributed by atoms with E-state index in [9.17, 15) is 0 Å². The summed E-state index contributed by atoms with van der Waals surface area (Å²) in [5, 5.41) is 1.48. The molecule has 0 radical (unpaired) electrons. The number of hydrogen-bond acceptors (Lipinski definition) is 4. The highest BCUT2D eigenvalue weighted by molar-refractivity contribution is 7.47. The molecule has 0 saturated heterocycles. The van der Waals surface area contributed by atoms with E-state index in [4.69, 9.17) is 0 Å². The van der Waals surface area contributed by atoms with Gasteiger partial charge in [0, 0.05) is 19.8 Å². The minimum Gasteiger partial charge on any atom is -0.138 e. The van der Waals surface area contributed by atoms with Crippen molar-refractivity contribution in [3.8, 4) is 0 Å². The molecule has 0 atom stereocenters. The summed E-state index contributed by atoms with van der Waals surface area (Å²) in [7, 11) is 0. The molecule has 0 aromatic carbocycles. The molecule has 0 amide bonds. The van der Waals surface area contributed by atoms with Crippen LogP contribution < -0.4 is 0 Å². The SMILES string of the molecule is Cc1cc2c(s1)sc1c3sc(C)cc3sc21. The first kappa shape index (κ1) is 9.59. The largest absolute Gasteiger partial charge is 0.138 e. The molecule has 4 heteroatoms. The first-order chi connectivity index (χ1) is 7.72. The van der Waals surface area contributed by atoms with Crippen LogP contribution in [0.2, 0.25) is 0 Å². The van der Waals surface area contributed by atoms with Crippen molar-refractivity contribution in [1.82, 2.24) is 0 Å². The quantitative estimate of drug-likeness (QED) is 0.370. The molecule has 0 saturated carbocycles. The molecular weight excluding hydrogens is 272 g/mol. The lowest BCUT2D eigenvalue weighted by molar-refractivity contribution is 1.66. The zero-order chi connectivity index (χ0) is 10.9. The summed E-state index contributed by atoms with van der Waals surface area (Å²) < 4.78 is 7.48. The number of aryl methyl sites for hydroxylation is 2. The fourth-order valence-corrected chi connectivity index (χ4v) is 7.54. The van der Waals surface area contributed by atoms with E-state index in [-0.39, 0.29) is 0 Å². The standard InChI is InChI=1S/C12H8S4/c1-5-3-7-9-11(16-12(7)14-5)10-8(15-9)4-6(2)13-10/h3-4H,1-2H3. The van der Waals surface area contributed by atoms with Crippen LogP contribution >= 0.6 is 45.3 Å². The lowest BCUT2D eigenvalue weighted by Crippen LogP contribution is -1.51. The Hall–Kier alpha value is -0.420. The Labute approximate surface area is 109 Å². The van der Waals surface area contributed by atoms with Crippen LogP contribution in [0.15, 0.2) is 12.1 Å². The van der Waals surface area contributed by atoms with Crippen molar-refractivity contribution in [1.29, 1.82) is 0 Å². The van der Waals surface area contributed by atoms with Gasteiger partial charge >= 0.3 is 0 Å². The molecule has 0 spiro atoms. The van der Waals surface area contributed by atoms with Gasteiger partial charge in [0.1, 0.15) is 0 Å². The Kier molecular flexibility index (Phi) is 1.84. The van der Waals surface area contributed by atoms with Crippen LogP contribution in [0.1, 0.15) is 9.75 Å². The molecule has 0 bridgehead atoms. The first-order valence-corrected chi connectivity index (χ1v) is 8.30. The Morgan fingerprint density at radius 2 is 1.56 bits per heavy atom. The normalized spacial score (nSPS) is 12.4. The maximum absolute atomic E-state index is 2.34. The molecule has 0 unspecified atom stereocenters. The van der Waals surface area contributed by atoms with Gasteiger partial charge in [0.2, 0.25) is 0 Å². The van der Waals surface area contributed by atoms with Crippen LogP contribution in [0.4, 0.5) is 0 Å². The minimum absolute atomic E-state index is 1.43. The minimum atomic E-state index is 1.43. The van der Waals surface area contributed by atoms with Crippen molar-refractivity contribution in [2.24, 2.45) is 0 Å². The molecule has 80 valence electrons. The van der Waals surface area contributed by atoms with Gasteiger partial charge in [-0.1, -0.05) is 0 Å². The Bertz CT molecular complexity index is 751. The van der Waals surface area contributed by atoms with Crippen LogP contribution in [0, 0.1) is 13.8 Å². The van der Waals surface area contributed by atoms with Crippen molar-refractivity contribution >= 4 is 73.5 Å². The molecule has 4 rings (SSSR count). The van der Waals surface area contributed by atoms with E-state index in [1.165, 1.54) is 38.0 Å². The molecule has 0 fully saturated rings. The summed E-state index contributed by atoms with van der Waals surface area (Å²) in [6.45, 7) is 4.40. The van der Waals surface area contributed by atoms with Crippen LogP contribution in [-0.2, 0) is 0 Å². The van der Waals surface area contributed by atoms with Gasteiger partial charge < -0.3 is 0 Å². The van der Waals surface area contributed by atoms with Crippen molar-refractivity contribution < 1.29 is 0 Å². The summed E-state index contributed by atoms with van der Waals surface area (Å²) in [6, 6.07) is 4.66. The van der Waals surface area contributed by atoms with Gasteiger partial charge in [-0.25, -0.2) is 0 Å². The van der Waals surface area contributed by atoms with E-state index in [0.29, 0.717) is 0 Å². The topological polar surface area (TPSA) is 0 Å². The van der Waals surface area contributed by atoms with Gasteiger partial charge in [-0.15, -0.1) is 45.3 Å². The highest BCUT2D eigenvalue weighted by Gasteiger charge is 2.15.